The van der Waals surface area contributed by atoms with Crippen molar-refractivity contribution in [1.29, 1.82) is 0 Å². The predicted molar refractivity (Wildman–Crippen MR) is 162 cm³/mol. The number of nitrogens with zero attached hydrogens (tertiary/aromatic N) is 2. The monoisotopic (exact) mass is 550 g/mol. The van der Waals surface area contributed by atoms with Crippen LogP contribution in [0.5, 0.6) is 5.75 Å². The molecule has 8 heteroatoms. The molecule has 40 heavy (non-hydrogen) atoms. The summed E-state index contributed by atoms with van der Waals surface area (Å²) in [5.41, 5.74) is 4.06. The topological polar surface area (TPSA) is 73.9 Å². The Kier molecular flexibility index (Phi) is 8.68. The highest BCUT2D eigenvalue weighted by atomic mass is 32.1. The molecule has 0 spiro atoms. The fraction of sp³-hybridized carbons (Fsp3) is 0.156. The molecular formula is C32H30N4O3S. The van der Waals surface area contributed by atoms with Gasteiger partial charge in [-0.2, -0.15) is 0 Å². The number of rotatable bonds is 7. The highest BCUT2D eigenvalue weighted by Crippen LogP contribution is 2.21. The molecule has 0 unspecified atom stereocenters. The van der Waals surface area contributed by atoms with E-state index < -0.39 is 0 Å². The molecule has 2 N–H and O–H groups in total. The summed E-state index contributed by atoms with van der Waals surface area (Å²) in [6, 6.07) is 34.1. The van der Waals surface area contributed by atoms with Crippen molar-refractivity contribution in [3.8, 4) is 5.75 Å². The van der Waals surface area contributed by atoms with Crippen LogP contribution in [-0.2, 0) is 6.61 Å². The number of hydrogen-bond acceptors (Lipinski definition) is 5. The van der Waals surface area contributed by atoms with Crippen LogP contribution in [-0.4, -0.2) is 48.0 Å². The number of benzene rings is 4. The molecule has 4 aromatic carbocycles. The molecular weight excluding hydrogens is 520 g/mol. The van der Waals surface area contributed by atoms with Crippen LogP contribution in [0.15, 0.2) is 109 Å². The quantitative estimate of drug-likeness (QED) is 0.302. The molecule has 2 amide bonds. The first-order chi connectivity index (χ1) is 19.5. The summed E-state index contributed by atoms with van der Waals surface area (Å²) < 4.78 is 5.83. The van der Waals surface area contributed by atoms with E-state index in [1.54, 1.807) is 18.2 Å². The predicted octanol–water partition coefficient (Wildman–Crippen LogP) is 5.35. The number of amides is 2. The molecule has 202 valence electrons. The second-order valence-electron chi connectivity index (χ2n) is 9.40. The molecule has 1 heterocycles. The molecule has 1 aliphatic heterocycles. The fourth-order valence-corrected chi connectivity index (χ4v) is 4.70. The van der Waals surface area contributed by atoms with E-state index in [-0.39, 0.29) is 16.9 Å². The first-order valence-electron chi connectivity index (χ1n) is 13.1. The molecule has 1 aliphatic rings. The van der Waals surface area contributed by atoms with E-state index in [1.807, 2.05) is 95.9 Å². The number of piperazine rings is 1. The van der Waals surface area contributed by atoms with Gasteiger partial charge in [0.1, 0.15) is 12.4 Å². The first kappa shape index (κ1) is 26.9. The largest absolute Gasteiger partial charge is 0.489 e. The third kappa shape index (κ3) is 7.03. The van der Waals surface area contributed by atoms with Crippen molar-refractivity contribution in [2.75, 3.05) is 36.4 Å². The minimum absolute atomic E-state index is 0.0711. The van der Waals surface area contributed by atoms with Gasteiger partial charge in [0.05, 0.1) is 0 Å². The second-order valence-corrected chi connectivity index (χ2v) is 9.81. The zero-order chi connectivity index (χ0) is 27.7. The van der Waals surface area contributed by atoms with Gasteiger partial charge in [0.15, 0.2) is 5.11 Å². The Morgan fingerprint density at radius 2 is 1.40 bits per heavy atom. The minimum Gasteiger partial charge on any atom is -0.489 e. The van der Waals surface area contributed by atoms with Crippen LogP contribution >= 0.6 is 12.2 Å². The lowest BCUT2D eigenvalue weighted by Gasteiger charge is -2.36. The lowest BCUT2D eigenvalue weighted by Crippen LogP contribution is -2.48. The van der Waals surface area contributed by atoms with E-state index in [4.69, 9.17) is 17.0 Å². The van der Waals surface area contributed by atoms with E-state index in [1.165, 1.54) is 0 Å². The number of carbonyl (C=O) groups excluding carboxylic acids is 2. The van der Waals surface area contributed by atoms with Crippen molar-refractivity contribution in [1.82, 2.24) is 10.2 Å². The lowest BCUT2D eigenvalue weighted by atomic mass is 10.1. The van der Waals surface area contributed by atoms with Crippen LogP contribution in [0.1, 0.15) is 26.3 Å². The summed E-state index contributed by atoms with van der Waals surface area (Å²) in [5.74, 6) is 0.361. The molecule has 0 atom stereocenters. The Morgan fingerprint density at radius 1 is 0.750 bits per heavy atom. The minimum atomic E-state index is -0.317. The second kappa shape index (κ2) is 12.9. The summed E-state index contributed by atoms with van der Waals surface area (Å²) in [7, 11) is 0. The Hall–Kier alpha value is -4.69. The van der Waals surface area contributed by atoms with Gasteiger partial charge in [0.25, 0.3) is 11.8 Å². The smallest absolute Gasteiger partial charge is 0.257 e. The average molecular weight is 551 g/mol. The third-order valence-electron chi connectivity index (χ3n) is 6.65. The zero-order valence-electron chi connectivity index (χ0n) is 22.0. The first-order valence-corrected chi connectivity index (χ1v) is 13.5. The Balaban J connectivity index is 1.09. The Labute approximate surface area is 239 Å². The number of ether oxygens (including phenoxy) is 1. The zero-order valence-corrected chi connectivity index (χ0v) is 22.8. The van der Waals surface area contributed by atoms with Crippen molar-refractivity contribution < 1.29 is 14.3 Å². The molecule has 7 nitrogen and oxygen atoms in total. The van der Waals surface area contributed by atoms with Crippen molar-refractivity contribution in [3.63, 3.8) is 0 Å². The van der Waals surface area contributed by atoms with Gasteiger partial charge in [0, 0.05) is 48.7 Å². The molecule has 0 radical (unpaired) electrons. The van der Waals surface area contributed by atoms with Crippen LogP contribution < -0.4 is 20.3 Å². The van der Waals surface area contributed by atoms with Gasteiger partial charge in [-0.1, -0.05) is 54.6 Å². The number of anilines is 2. The molecule has 0 aromatic heterocycles. The average Bonchev–Trinajstić information content (AvgIpc) is 3.01. The highest BCUT2D eigenvalue weighted by Gasteiger charge is 2.22. The number of thiocarbonyl (C=S) groups is 1. The van der Waals surface area contributed by atoms with Crippen LogP contribution in [0, 0.1) is 0 Å². The third-order valence-corrected chi connectivity index (χ3v) is 6.85. The number of carbonyl (C=O) groups is 2. The van der Waals surface area contributed by atoms with Crippen molar-refractivity contribution >= 4 is 40.5 Å². The number of nitrogens with one attached hydrogen (secondary N) is 2. The van der Waals surface area contributed by atoms with Gasteiger partial charge < -0.3 is 19.9 Å². The van der Waals surface area contributed by atoms with Gasteiger partial charge in [-0.05, 0) is 72.4 Å². The van der Waals surface area contributed by atoms with Crippen molar-refractivity contribution in [3.05, 3.63) is 126 Å². The van der Waals surface area contributed by atoms with Gasteiger partial charge >= 0.3 is 0 Å². The van der Waals surface area contributed by atoms with Crippen molar-refractivity contribution in [2.24, 2.45) is 0 Å². The molecule has 5 rings (SSSR count). The fourth-order valence-electron chi connectivity index (χ4n) is 4.49. The summed E-state index contributed by atoms with van der Waals surface area (Å²) in [6.45, 7) is 3.27. The maximum atomic E-state index is 12.8. The SMILES string of the molecule is O=C(NC(=S)Nc1ccc(N2CCN(C(=O)c3ccccc3)CC2)cc1)c1cccc(OCc2ccccc2)c1. The summed E-state index contributed by atoms with van der Waals surface area (Å²) in [4.78, 5) is 29.6. The Bertz CT molecular complexity index is 1450. The summed E-state index contributed by atoms with van der Waals surface area (Å²) in [5, 5.41) is 6.01. The van der Waals surface area contributed by atoms with E-state index in [9.17, 15) is 9.59 Å². The van der Waals surface area contributed by atoms with E-state index in [0.717, 1.165) is 35.6 Å². The summed E-state index contributed by atoms with van der Waals surface area (Å²) in [6.07, 6.45) is 0. The van der Waals surface area contributed by atoms with Gasteiger partial charge in [-0.25, -0.2) is 0 Å². The van der Waals surface area contributed by atoms with Crippen molar-refractivity contribution in [2.45, 2.75) is 6.61 Å². The molecule has 0 aliphatic carbocycles. The van der Waals surface area contributed by atoms with E-state index in [2.05, 4.69) is 15.5 Å². The normalized spacial score (nSPS) is 12.9. The maximum Gasteiger partial charge on any atom is 0.257 e. The standard InChI is InChI=1S/C32H30N4O3S/c37-30(26-12-7-13-29(22-26)39-23-24-8-3-1-4-9-24)34-32(40)33-27-14-16-28(17-15-27)35-18-20-36(21-19-35)31(38)25-10-5-2-6-11-25/h1-17,22H,18-21,23H2,(H2,33,34,37,40). The van der Waals surface area contributed by atoms with Crippen LogP contribution in [0.3, 0.4) is 0 Å². The van der Waals surface area contributed by atoms with E-state index in [0.29, 0.717) is 31.0 Å². The van der Waals surface area contributed by atoms with Crippen LogP contribution in [0.4, 0.5) is 11.4 Å². The van der Waals surface area contributed by atoms with Gasteiger partial charge in [0.2, 0.25) is 0 Å². The van der Waals surface area contributed by atoms with Gasteiger partial charge in [-0.15, -0.1) is 0 Å². The molecule has 0 saturated carbocycles. The Morgan fingerprint density at radius 3 is 2.10 bits per heavy atom. The molecule has 1 fully saturated rings. The highest BCUT2D eigenvalue weighted by molar-refractivity contribution is 7.80. The van der Waals surface area contributed by atoms with E-state index >= 15 is 0 Å². The maximum absolute atomic E-state index is 12.8. The van der Waals surface area contributed by atoms with Gasteiger partial charge in [-0.3, -0.25) is 14.9 Å². The molecule has 1 saturated heterocycles. The lowest BCUT2D eigenvalue weighted by molar-refractivity contribution is 0.0746. The molecule has 4 aromatic rings. The number of hydrogen-bond donors (Lipinski definition) is 2. The van der Waals surface area contributed by atoms with Crippen LogP contribution in [0.25, 0.3) is 0 Å². The molecule has 0 bridgehead atoms. The van der Waals surface area contributed by atoms with Crippen LogP contribution in [0.2, 0.25) is 0 Å². The summed E-state index contributed by atoms with van der Waals surface area (Å²) >= 11 is 5.37.